The lowest BCUT2D eigenvalue weighted by Gasteiger charge is -2.30. The van der Waals surface area contributed by atoms with Crippen LogP contribution in [0, 0.1) is 11.7 Å². The third-order valence-corrected chi connectivity index (χ3v) is 10.3. The number of carbonyl (C=O) groups excluding carboxylic acids is 3. The summed E-state index contributed by atoms with van der Waals surface area (Å²) in [6.45, 7) is 0.147. The summed E-state index contributed by atoms with van der Waals surface area (Å²) in [7, 11) is 0. The van der Waals surface area contributed by atoms with Crippen LogP contribution in [0.1, 0.15) is 44.9 Å². The molecule has 4 aromatic rings. The first-order chi connectivity index (χ1) is 23.9. The highest BCUT2D eigenvalue weighted by molar-refractivity contribution is 7.20. The van der Waals surface area contributed by atoms with Gasteiger partial charge in [0, 0.05) is 18.0 Å². The average Bonchev–Trinajstić information content (AvgIpc) is 3.41. The van der Waals surface area contributed by atoms with Crippen molar-refractivity contribution in [2.24, 2.45) is 5.92 Å². The number of nitrogens with one attached hydrogen (secondary N) is 3. The van der Waals surface area contributed by atoms with Crippen molar-refractivity contribution in [3.63, 3.8) is 0 Å². The van der Waals surface area contributed by atoms with Gasteiger partial charge in [-0.15, -0.1) is 0 Å². The quantitative estimate of drug-likeness (QED) is 0.167. The van der Waals surface area contributed by atoms with Crippen LogP contribution >= 0.6 is 11.3 Å². The largest absolute Gasteiger partial charge is 0.465 e. The van der Waals surface area contributed by atoms with E-state index in [0.29, 0.717) is 29.5 Å². The summed E-state index contributed by atoms with van der Waals surface area (Å²) in [5, 5.41) is 6.72. The number of ether oxygens (including phenoxy) is 1. The maximum Gasteiger partial charge on any atom is 0.278 e. The van der Waals surface area contributed by atoms with Gasteiger partial charge in [0.2, 0.25) is 11.8 Å². The first-order valence-electron chi connectivity index (χ1n) is 16.7. The molecule has 10 nitrogen and oxygen atoms in total. The highest BCUT2D eigenvalue weighted by Gasteiger charge is 2.61. The minimum atomic E-state index is -1.23. The van der Waals surface area contributed by atoms with Crippen LogP contribution < -0.4 is 25.7 Å². The third kappa shape index (κ3) is 7.39. The zero-order valence-electron chi connectivity index (χ0n) is 26.8. The van der Waals surface area contributed by atoms with E-state index in [1.165, 1.54) is 23.5 Å². The second-order valence-corrected chi connectivity index (χ2v) is 13.8. The van der Waals surface area contributed by atoms with Crippen LogP contribution in [0.3, 0.4) is 0 Å². The first kappa shape index (κ1) is 32.6. The van der Waals surface area contributed by atoms with E-state index in [0.717, 1.165) is 35.9 Å². The van der Waals surface area contributed by atoms with Gasteiger partial charge in [-0.05, 0) is 68.1 Å². The second kappa shape index (κ2) is 14.3. The molecule has 49 heavy (non-hydrogen) atoms. The molecule has 12 heteroatoms. The predicted octanol–water partition coefficient (Wildman–Crippen LogP) is 5.77. The number of nitrogens with zero attached hydrogens (tertiary/aromatic N) is 2. The lowest BCUT2D eigenvalue weighted by Crippen LogP contribution is -2.57. The van der Waals surface area contributed by atoms with Gasteiger partial charge in [0.1, 0.15) is 29.5 Å². The zero-order chi connectivity index (χ0) is 33.8. The Labute approximate surface area is 287 Å². The summed E-state index contributed by atoms with van der Waals surface area (Å²) in [5.41, 5.74) is 2.59. The van der Waals surface area contributed by atoms with E-state index in [1.54, 1.807) is 41.3 Å². The Hall–Kier alpha value is -4.97. The van der Waals surface area contributed by atoms with E-state index < -0.39 is 41.4 Å². The summed E-state index contributed by atoms with van der Waals surface area (Å²) in [6.07, 6.45) is 7.98. The monoisotopic (exact) mass is 683 g/mol. The fourth-order valence-electron chi connectivity index (χ4n) is 6.67. The van der Waals surface area contributed by atoms with Crippen molar-refractivity contribution in [1.29, 1.82) is 0 Å². The standard InChI is InChI=1S/C37H38FN5O5S/c38-25-13-11-14-26(20-25)39-30-18-8-3-1-2-5-12-24-22-37(24,35(46)42-48-27-15-6-4-7-16-27)41-33(44)31-21-28(23-43(31)34(30)45)47-36-40-29-17-9-10-19-32(29)49-36/h4-7,9-17,19-20,24,28,30-31,39H,1-3,8,18,21-23H2,(H,41,44)(H,42,46)/t24-,28-,30+,31+,37-/m1/s1. The number of halogens is 1. The second-order valence-electron chi connectivity index (χ2n) is 12.8. The summed E-state index contributed by atoms with van der Waals surface area (Å²) in [5.74, 6) is -1.39. The Bertz CT molecular complexity index is 1820. The molecule has 1 aliphatic carbocycles. The van der Waals surface area contributed by atoms with Gasteiger partial charge in [-0.3, -0.25) is 14.4 Å². The molecule has 0 spiro atoms. The van der Waals surface area contributed by atoms with Crippen LogP contribution in [-0.2, 0) is 14.4 Å². The molecule has 1 saturated carbocycles. The van der Waals surface area contributed by atoms with Crippen molar-refractivity contribution < 1.29 is 28.3 Å². The Balaban J connectivity index is 1.16. The molecule has 3 aliphatic rings. The van der Waals surface area contributed by atoms with Gasteiger partial charge in [-0.2, -0.15) is 5.48 Å². The molecule has 3 amide bonds. The number of aromatic nitrogens is 1. The fraction of sp³-hybridized carbons (Fsp3) is 0.351. The number of hydrogen-bond acceptors (Lipinski definition) is 8. The Morgan fingerprint density at radius 3 is 2.69 bits per heavy atom. The summed E-state index contributed by atoms with van der Waals surface area (Å²) < 4.78 is 21.4. The number of rotatable bonds is 7. The number of benzene rings is 3. The van der Waals surface area contributed by atoms with Gasteiger partial charge >= 0.3 is 0 Å². The fourth-order valence-corrected chi connectivity index (χ4v) is 7.55. The SMILES string of the molecule is O=C1N[C@]2(C(=O)NOc3ccccc3)C[C@H]2C=CCCCCC[C@H](Nc2cccc(F)c2)C(=O)N2C[C@H](Oc3nc4ccccc4s3)C[C@@H]12. The Morgan fingerprint density at radius 2 is 1.86 bits per heavy atom. The zero-order valence-corrected chi connectivity index (χ0v) is 27.7. The van der Waals surface area contributed by atoms with Gasteiger partial charge < -0.3 is 25.1 Å². The van der Waals surface area contributed by atoms with Crippen molar-refractivity contribution in [3.8, 4) is 10.9 Å². The molecule has 1 saturated heterocycles. The molecule has 3 N–H and O–H groups in total. The third-order valence-electron chi connectivity index (χ3n) is 9.36. The molecular formula is C37H38FN5O5S. The predicted molar refractivity (Wildman–Crippen MR) is 184 cm³/mol. The number of thiazole rings is 1. The summed E-state index contributed by atoms with van der Waals surface area (Å²) >= 11 is 1.40. The molecular weight excluding hydrogens is 646 g/mol. The average molecular weight is 684 g/mol. The van der Waals surface area contributed by atoms with Crippen molar-refractivity contribution in [3.05, 3.63) is 96.8 Å². The van der Waals surface area contributed by atoms with Gasteiger partial charge in [0.05, 0.1) is 16.8 Å². The molecule has 7 rings (SSSR count). The number of carbonyl (C=O) groups is 3. The molecule has 2 aliphatic heterocycles. The molecule has 0 radical (unpaired) electrons. The van der Waals surface area contributed by atoms with E-state index in [2.05, 4.69) is 27.2 Å². The van der Waals surface area contributed by atoms with Crippen LogP contribution in [0.2, 0.25) is 0 Å². The molecule has 0 unspecified atom stereocenters. The number of para-hydroxylation sites is 2. The first-order valence-corrected chi connectivity index (χ1v) is 17.6. The maximum atomic E-state index is 14.4. The van der Waals surface area contributed by atoms with Crippen LogP contribution in [-0.4, -0.2) is 57.9 Å². The summed E-state index contributed by atoms with van der Waals surface area (Å²) in [4.78, 5) is 54.1. The van der Waals surface area contributed by atoms with Crippen LogP contribution in [0.5, 0.6) is 10.9 Å². The maximum absolute atomic E-state index is 14.4. The number of hydroxylamine groups is 1. The number of anilines is 1. The highest BCUT2D eigenvalue weighted by Crippen LogP contribution is 2.45. The van der Waals surface area contributed by atoms with Crippen LogP contribution in [0.4, 0.5) is 10.1 Å². The number of fused-ring (bicyclic) bond motifs is 3. The number of allylic oxidation sites excluding steroid dienone is 1. The van der Waals surface area contributed by atoms with Gasteiger partial charge in [-0.1, -0.05) is 72.7 Å². The molecule has 5 atom stereocenters. The molecule has 0 bridgehead atoms. The molecule has 2 fully saturated rings. The van der Waals surface area contributed by atoms with Gasteiger partial charge in [0.25, 0.3) is 11.1 Å². The number of hydrogen-bond donors (Lipinski definition) is 3. The lowest BCUT2D eigenvalue weighted by atomic mass is 10.0. The number of amides is 3. The van der Waals surface area contributed by atoms with E-state index in [9.17, 15) is 18.8 Å². The van der Waals surface area contributed by atoms with E-state index in [-0.39, 0.29) is 24.8 Å². The van der Waals surface area contributed by atoms with Gasteiger partial charge in [0.15, 0.2) is 5.75 Å². The topological polar surface area (TPSA) is 122 Å². The minimum Gasteiger partial charge on any atom is -0.465 e. The van der Waals surface area contributed by atoms with E-state index in [1.807, 2.05) is 36.4 Å². The Morgan fingerprint density at radius 1 is 1.02 bits per heavy atom. The van der Waals surface area contributed by atoms with Crippen molar-refractivity contribution >= 4 is 45.0 Å². The van der Waals surface area contributed by atoms with Gasteiger partial charge in [-0.25, -0.2) is 9.37 Å². The normalized spacial score (nSPS) is 25.7. The molecule has 254 valence electrons. The van der Waals surface area contributed by atoms with Crippen molar-refractivity contribution in [2.45, 2.75) is 68.7 Å². The lowest BCUT2D eigenvalue weighted by molar-refractivity contribution is -0.141. The van der Waals surface area contributed by atoms with Crippen LogP contribution in [0.25, 0.3) is 10.2 Å². The summed E-state index contributed by atoms with van der Waals surface area (Å²) in [6, 6.07) is 21.0. The Kier molecular flexibility index (Phi) is 9.47. The molecule has 3 aromatic carbocycles. The highest BCUT2D eigenvalue weighted by atomic mass is 32.1. The van der Waals surface area contributed by atoms with Crippen molar-refractivity contribution in [1.82, 2.24) is 20.7 Å². The van der Waals surface area contributed by atoms with E-state index in [4.69, 9.17) is 9.57 Å². The smallest absolute Gasteiger partial charge is 0.278 e. The molecule has 1 aromatic heterocycles. The van der Waals surface area contributed by atoms with Crippen molar-refractivity contribution in [2.75, 3.05) is 11.9 Å². The minimum absolute atomic E-state index is 0.147. The van der Waals surface area contributed by atoms with E-state index >= 15 is 0 Å². The van der Waals surface area contributed by atoms with Crippen LogP contribution in [0.15, 0.2) is 91.0 Å². The molecule has 3 heterocycles.